The number of methoxy groups -OCH3 is 1. The van der Waals surface area contributed by atoms with Crippen molar-refractivity contribution in [3.8, 4) is 0 Å². The van der Waals surface area contributed by atoms with E-state index in [1.54, 1.807) is 0 Å². The van der Waals surface area contributed by atoms with Crippen molar-refractivity contribution < 1.29 is 14.3 Å². The molecule has 0 bridgehead atoms. The molecule has 1 amide bonds. The number of rotatable bonds is 1. The lowest BCUT2D eigenvalue weighted by Crippen LogP contribution is -2.38. The fourth-order valence-electron chi connectivity index (χ4n) is 1.48. The van der Waals surface area contributed by atoms with E-state index in [0.717, 1.165) is 0 Å². The third-order valence-corrected chi connectivity index (χ3v) is 2.74. The Balaban J connectivity index is 2.57. The van der Waals surface area contributed by atoms with Gasteiger partial charge >= 0.3 is 5.97 Å². The van der Waals surface area contributed by atoms with Crippen LogP contribution in [0, 0.1) is 5.92 Å². The molecular weight excluding hydrogens is 264 g/mol. The summed E-state index contributed by atoms with van der Waals surface area (Å²) in [6.45, 7) is 0.659. The summed E-state index contributed by atoms with van der Waals surface area (Å²) in [5.41, 5.74) is 0. The minimum absolute atomic E-state index is 0.249. The molecule has 86 valence electrons. The molecule has 1 fully saturated rings. The lowest BCUT2D eigenvalue weighted by molar-refractivity contribution is -0.145. The number of alkyl halides is 3. The van der Waals surface area contributed by atoms with Gasteiger partial charge in [-0.3, -0.25) is 9.59 Å². The molecule has 1 heterocycles. The molecule has 7 heteroatoms. The third kappa shape index (κ3) is 3.13. The number of hydrogen-bond donors (Lipinski definition) is 0. The number of amides is 1. The van der Waals surface area contributed by atoms with Gasteiger partial charge < -0.3 is 9.64 Å². The van der Waals surface area contributed by atoms with Crippen molar-refractivity contribution in [2.45, 2.75) is 10.2 Å². The predicted octanol–water partition coefficient (Wildman–Crippen LogP) is 1.38. The number of carbonyl (C=O) groups is 2. The molecule has 0 radical (unpaired) electrons. The Kier molecular flexibility index (Phi) is 4.09. The van der Waals surface area contributed by atoms with E-state index >= 15 is 0 Å². The van der Waals surface area contributed by atoms with Gasteiger partial charge in [0, 0.05) is 13.1 Å². The molecule has 1 unspecified atom stereocenters. The van der Waals surface area contributed by atoms with Crippen LogP contribution in [0.25, 0.3) is 0 Å². The Morgan fingerprint density at radius 1 is 1.40 bits per heavy atom. The monoisotopic (exact) mass is 273 g/mol. The van der Waals surface area contributed by atoms with Crippen LogP contribution in [-0.2, 0) is 14.3 Å². The lowest BCUT2D eigenvalue weighted by atomic mass is 10.1. The largest absolute Gasteiger partial charge is 0.469 e. The van der Waals surface area contributed by atoms with Crippen LogP contribution in [0.3, 0.4) is 0 Å². The molecule has 1 atom stereocenters. The highest BCUT2D eigenvalue weighted by molar-refractivity contribution is 6.76. The molecular formula is C8H10Cl3NO3. The molecule has 0 aromatic heterocycles. The van der Waals surface area contributed by atoms with Crippen molar-refractivity contribution in [3.05, 3.63) is 0 Å². The molecule has 0 N–H and O–H groups in total. The van der Waals surface area contributed by atoms with E-state index in [1.807, 2.05) is 0 Å². The van der Waals surface area contributed by atoms with Gasteiger partial charge in [-0.25, -0.2) is 0 Å². The zero-order valence-electron chi connectivity index (χ0n) is 8.00. The summed E-state index contributed by atoms with van der Waals surface area (Å²) >= 11 is 16.3. The quantitative estimate of drug-likeness (QED) is 0.536. The van der Waals surface area contributed by atoms with Gasteiger partial charge in [-0.1, -0.05) is 34.8 Å². The van der Waals surface area contributed by atoms with Gasteiger partial charge in [0.2, 0.25) is 0 Å². The molecule has 1 saturated heterocycles. The standard InChI is InChI=1S/C8H10Cl3NO3/c1-15-6(13)5-2-3-12(4-5)7(14)8(9,10)11/h5H,2-4H2,1H3. The van der Waals surface area contributed by atoms with E-state index in [-0.39, 0.29) is 18.4 Å². The minimum atomic E-state index is -1.95. The predicted molar refractivity (Wildman–Crippen MR) is 57.0 cm³/mol. The second-order valence-corrected chi connectivity index (χ2v) is 5.54. The molecule has 1 aliphatic rings. The zero-order chi connectivity index (χ0) is 11.6. The van der Waals surface area contributed by atoms with Crippen molar-refractivity contribution in [1.82, 2.24) is 4.90 Å². The Hall–Kier alpha value is -0.190. The topological polar surface area (TPSA) is 46.6 Å². The Bertz CT molecular complexity index is 277. The van der Waals surface area contributed by atoms with E-state index in [1.165, 1.54) is 12.0 Å². The minimum Gasteiger partial charge on any atom is -0.469 e. The highest BCUT2D eigenvalue weighted by Crippen LogP contribution is 2.31. The molecule has 0 aromatic rings. The highest BCUT2D eigenvalue weighted by atomic mass is 35.6. The first kappa shape index (κ1) is 12.9. The number of hydrogen-bond acceptors (Lipinski definition) is 3. The van der Waals surface area contributed by atoms with E-state index in [9.17, 15) is 9.59 Å². The van der Waals surface area contributed by atoms with Gasteiger partial charge in [-0.15, -0.1) is 0 Å². The summed E-state index contributed by atoms with van der Waals surface area (Å²) in [4.78, 5) is 24.0. The van der Waals surface area contributed by atoms with Crippen molar-refractivity contribution in [3.63, 3.8) is 0 Å². The molecule has 0 saturated carbocycles. The summed E-state index contributed by atoms with van der Waals surface area (Å²) in [5, 5.41) is 0. The molecule has 1 rings (SSSR count). The summed E-state index contributed by atoms with van der Waals surface area (Å²) in [7, 11) is 1.31. The molecule has 4 nitrogen and oxygen atoms in total. The van der Waals surface area contributed by atoms with Crippen LogP contribution in [0.4, 0.5) is 0 Å². The maximum absolute atomic E-state index is 11.5. The summed E-state index contributed by atoms with van der Waals surface area (Å²) in [6.07, 6.45) is 0.541. The molecule has 0 spiro atoms. The van der Waals surface area contributed by atoms with Gasteiger partial charge in [0.15, 0.2) is 0 Å². The SMILES string of the molecule is COC(=O)C1CCN(C(=O)C(Cl)(Cl)Cl)C1. The van der Waals surface area contributed by atoms with Crippen molar-refractivity contribution in [2.75, 3.05) is 20.2 Å². The van der Waals surface area contributed by atoms with Gasteiger partial charge in [0.05, 0.1) is 13.0 Å². The van der Waals surface area contributed by atoms with Crippen molar-refractivity contribution >= 4 is 46.7 Å². The number of likely N-dealkylation sites (tertiary alicyclic amines) is 1. The zero-order valence-corrected chi connectivity index (χ0v) is 10.3. The number of nitrogens with zero attached hydrogens (tertiary/aromatic N) is 1. The normalized spacial score (nSPS) is 21.6. The van der Waals surface area contributed by atoms with Gasteiger partial charge in [-0.2, -0.15) is 0 Å². The van der Waals surface area contributed by atoms with E-state index in [4.69, 9.17) is 34.8 Å². The van der Waals surface area contributed by atoms with Gasteiger partial charge in [0.25, 0.3) is 9.70 Å². The Labute approximate surface area is 102 Å². The lowest BCUT2D eigenvalue weighted by Gasteiger charge is -2.20. The Morgan fingerprint density at radius 2 is 2.00 bits per heavy atom. The van der Waals surface area contributed by atoms with Crippen LogP contribution in [0.2, 0.25) is 0 Å². The summed E-state index contributed by atoms with van der Waals surface area (Å²) < 4.78 is 2.62. The molecule has 0 aliphatic carbocycles. The van der Waals surface area contributed by atoms with E-state index < -0.39 is 9.70 Å². The fraction of sp³-hybridized carbons (Fsp3) is 0.750. The third-order valence-electron chi connectivity index (χ3n) is 2.25. The van der Waals surface area contributed by atoms with Crippen LogP contribution >= 0.6 is 34.8 Å². The molecule has 15 heavy (non-hydrogen) atoms. The first-order chi connectivity index (χ1) is 6.86. The van der Waals surface area contributed by atoms with Gasteiger partial charge in [0.1, 0.15) is 0 Å². The highest BCUT2D eigenvalue weighted by Gasteiger charge is 2.40. The van der Waals surface area contributed by atoms with E-state index in [2.05, 4.69) is 4.74 Å². The molecule has 1 aliphatic heterocycles. The maximum Gasteiger partial charge on any atom is 0.310 e. The number of halogens is 3. The summed E-state index contributed by atoms with van der Waals surface area (Å²) in [6, 6.07) is 0. The number of ether oxygens (including phenoxy) is 1. The fourth-order valence-corrected chi connectivity index (χ4v) is 1.84. The maximum atomic E-state index is 11.5. The van der Waals surface area contributed by atoms with Crippen molar-refractivity contribution in [1.29, 1.82) is 0 Å². The Morgan fingerprint density at radius 3 is 2.47 bits per heavy atom. The van der Waals surface area contributed by atoms with Crippen LogP contribution in [0.5, 0.6) is 0 Å². The second kappa shape index (κ2) is 4.76. The van der Waals surface area contributed by atoms with Crippen molar-refractivity contribution in [2.24, 2.45) is 5.92 Å². The first-order valence-corrected chi connectivity index (χ1v) is 5.43. The average Bonchev–Trinajstić information content (AvgIpc) is 2.62. The van der Waals surface area contributed by atoms with E-state index in [0.29, 0.717) is 13.0 Å². The van der Waals surface area contributed by atoms with Gasteiger partial charge in [-0.05, 0) is 6.42 Å². The van der Waals surface area contributed by atoms with Crippen LogP contribution in [-0.4, -0.2) is 40.8 Å². The molecule has 0 aromatic carbocycles. The van der Waals surface area contributed by atoms with Crippen LogP contribution in [0.15, 0.2) is 0 Å². The first-order valence-electron chi connectivity index (χ1n) is 4.30. The van der Waals surface area contributed by atoms with Crippen LogP contribution in [0.1, 0.15) is 6.42 Å². The average molecular weight is 275 g/mol. The smallest absolute Gasteiger partial charge is 0.310 e. The second-order valence-electron chi connectivity index (χ2n) is 3.26. The summed E-state index contributed by atoms with van der Waals surface area (Å²) in [5.74, 6) is -1.25. The number of esters is 1. The van der Waals surface area contributed by atoms with Crippen LogP contribution < -0.4 is 0 Å². The number of carbonyl (C=O) groups excluding carboxylic acids is 2.